The molecule has 0 aliphatic carbocycles. The zero-order valence-corrected chi connectivity index (χ0v) is 12.5. The van der Waals surface area contributed by atoms with Crippen LogP contribution in [0, 0.1) is 5.92 Å². The van der Waals surface area contributed by atoms with Crippen molar-refractivity contribution in [2.75, 3.05) is 19.6 Å². The first-order chi connectivity index (χ1) is 9.98. The summed E-state index contributed by atoms with van der Waals surface area (Å²) in [6.45, 7) is 2.05. The maximum atomic E-state index is 12.6. The molecule has 2 aliphatic rings. The zero-order valence-electron chi connectivity index (χ0n) is 11.7. The summed E-state index contributed by atoms with van der Waals surface area (Å²) in [7, 11) is -3.50. The standard InChI is InChI=1S/C14H19N3O3S/c15-14(18)10-3-5-12(6-4-10)21(19,20)17-8-11-2-1-7-16-13(11)9-17/h3-6,11,13,16H,1-2,7-9H2,(H2,15,18)/t11-,13+/m0/s1. The molecule has 0 aromatic heterocycles. The lowest BCUT2D eigenvalue weighted by Gasteiger charge is -2.24. The average Bonchev–Trinajstić information content (AvgIpc) is 2.92. The zero-order chi connectivity index (χ0) is 15.0. The van der Waals surface area contributed by atoms with E-state index in [4.69, 9.17) is 5.73 Å². The predicted octanol–water partition coefficient (Wildman–Crippen LogP) is 0.158. The molecule has 6 nitrogen and oxygen atoms in total. The Bertz CT molecular complexity index is 628. The van der Waals surface area contributed by atoms with E-state index in [-0.39, 0.29) is 10.9 Å². The van der Waals surface area contributed by atoms with Gasteiger partial charge in [-0.1, -0.05) is 0 Å². The van der Waals surface area contributed by atoms with Crippen molar-refractivity contribution >= 4 is 15.9 Å². The number of rotatable bonds is 3. The molecule has 7 heteroatoms. The van der Waals surface area contributed by atoms with E-state index in [1.165, 1.54) is 24.3 Å². The first kappa shape index (κ1) is 14.5. The SMILES string of the molecule is NC(=O)c1ccc(S(=O)(=O)N2C[C@@H]3CCCN[C@@H]3C2)cc1. The lowest BCUT2D eigenvalue weighted by atomic mass is 9.94. The number of carbonyl (C=O) groups is 1. The van der Waals surface area contributed by atoms with Gasteiger partial charge in [0.2, 0.25) is 15.9 Å². The smallest absolute Gasteiger partial charge is 0.248 e. The molecule has 2 aliphatic heterocycles. The van der Waals surface area contributed by atoms with E-state index in [1.807, 2.05) is 0 Å². The molecule has 21 heavy (non-hydrogen) atoms. The summed E-state index contributed by atoms with van der Waals surface area (Å²) in [6.07, 6.45) is 2.17. The molecule has 3 rings (SSSR count). The molecule has 1 amide bonds. The number of fused-ring (bicyclic) bond motifs is 1. The molecule has 3 N–H and O–H groups in total. The van der Waals surface area contributed by atoms with Gasteiger partial charge in [-0.15, -0.1) is 0 Å². The molecular weight excluding hydrogens is 290 g/mol. The quantitative estimate of drug-likeness (QED) is 0.832. The van der Waals surface area contributed by atoms with E-state index >= 15 is 0 Å². The van der Waals surface area contributed by atoms with Gasteiger partial charge in [-0.05, 0) is 49.6 Å². The molecule has 0 unspecified atom stereocenters. The van der Waals surface area contributed by atoms with Gasteiger partial charge >= 0.3 is 0 Å². The molecule has 1 aromatic rings. The first-order valence-corrected chi connectivity index (χ1v) is 8.56. The van der Waals surface area contributed by atoms with Crippen LogP contribution in [0.3, 0.4) is 0 Å². The van der Waals surface area contributed by atoms with Gasteiger partial charge in [-0.25, -0.2) is 8.42 Å². The maximum absolute atomic E-state index is 12.6. The van der Waals surface area contributed by atoms with Crippen LogP contribution in [-0.2, 0) is 10.0 Å². The number of nitrogens with two attached hydrogens (primary N) is 1. The second-order valence-corrected chi connectivity index (χ2v) is 7.61. The highest BCUT2D eigenvalue weighted by Crippen LogP contribution is 2.29. The third-order valence-electron chi connectivity index (χ3n) is 4.34. The molecule has 2 fully saturated rings. The minimum atomic E-state index is -3.50. The number of primary amides is 1. The Morgan fingerprint density at radius 3 is 2.57 bits per heavy atom. The van der Waals surface area contributed by atoms with Gasteiger partial charge in [0, 0.05) is 24.7 Å². The third-order valence-corrected chi connectivity index (χ3v) is 6.19. The van der Waals surface area contributed by atoms with E-state index in [2.05, 4.69) is 5.32 Å². The number of sulfonamides is 1. The molecule has 0 bridgehead atoms. The molecular formula is C14H19N3O3S. The number of benzene rings is 1. The molecule has 2 heterocycles. The average molecular weight is 309 g/mol. The van der Waals surface area contributed by atoms with Crippen LogP contribution in [0.4, 0.5) is 0 Å². The predicted molar refractivity (Wildman–Crippen MR) is 78.2 cm³/mol. The summed E-state index contributed by atoms with van der Waals surface area (Å²) in [5.74, 6) is -0.159. The fourth-order valence-electron chi connectivity index (χ4n) is 3.14. The normalized spacial score (nSPS) is 26.5. The van der Waals surface area contributed by atoms with Crippen LogP contribution in [0.5, 0.6) is 0 Å². The Labute approximate surface area is 124 Å². The Morgan fingerprint density at radius 2 is 1.95 bits per heavy atom. The summed E-state index contributed by atoms with van der Waals surface area (Å²) in [5.41, 5.74) is 5.48. The minimum absolute atomic E-state index is 0.214. The highest BCUT2D eigenvalue weighted by atomic mass is 32.2. The van der Waals surface area contributed by atoms with Gasteiger partial charge in [-0.2, -0.15) is 4.31 Å². The number of nitrogens with one attached hydrogen (secondary N) is 1. The molecule has 0 spiro atoms. The van der Waals surface area contributed by atoms with Gasteiger partial charge in [-0.3, -0.25) is 4.79 Å². The van der Waals surface area contributed by atoms with E-state index in [0.717, 1.165) is 19.4 Å². The van der Waals surface area contributed by atoms with Crippen molar-refractivity contribution in [1.29, 1.82) is 0 Å². The van der Waals surface area contributed by atoms with Crippen LogP contribution >= 0.6 is 0 Å². The largest absolute Gasteiger partial charge is 0.366 e. The van der Waals surface area contributed by atoms with Crippen LogP contribution in [0.25, 0.3) is 0 Å². The monoisotopic (exact) mass is 309 g/mol. The summed E-state index contributed by atoms with van der Waals surface area (Å²) in [5, 5.41) is 3.39. The van der Waals surface area contributed by atoms with Crippen molar-refractivity contribution in [2.24, 2.45) is 11.7 Å². The van der Waals surface area contributed by atoms with E-state index in [0.29, 0.717) is 24.6 Å². The summed E-state index contributed by atoms with van der Waals surface area (Å²) < 4.78 is 26.8. The lowest BCUT2D eigenvalue weighted by Crippen LogP contribution is -2.41. The number of hydrogen-bond acceptors (Lipinski definition) is 4. The van der Waals surface area contributed by atoms with Gasteiger partial charge in [0.05, 0.1) is 4.90 Å². The Kier molecular flexibility index (Phi) is 3.73. The Hall–Kier alpha value is -1.44. The van der Waals surface area contributed by atoms with Gasteiger partial charge < -0.3 is 11.1 Å². The topological polar surface area (TPSA) is 92.5 Å². The molecule has 114 valence electrons. The molecule has 2 saturated heterocycles. The maximum Gasteiger partial charge on any atom is 0.248 e. The van der Waals surface area contributed by atoms with Crippen LogP contribution < -0.4 is 11.1 Å². The number of carbonyl (C=O) groups excluding carboxylic acids is 1. The summed E-state index contributed by atoms with van der Waals surface area (Å²) >= 11 is 0. The van der Waals surface area contributed by atoms with Crippen molar-refractivity contribution in [2.45, 2.75) is 23.8 Å². The highest BCUT2D eigenvalue weighted by Gasteiger charge is 2.40. The lowest BCUT2D eigenvalue weighted by molar-refractivity contribution is 0.1000. The number of amides is 1. The van der Waals surface area contributed by atoms with Crippen LogP contribution in [0.15, 0.2) is 29.2 Å². The van der Waals surface area contributed by atoms with Gasteiger partial charge in [0.15, 0.2) is 0 Å². The van der Waals surface area contributed by atoms with Crippen molar-refractivity contribution in [1.82, 2.24) is 9.62 Å². The number of nitrogens with zero attached hydrogens (tertiary/aromatic N) is 1. The second-order valence-electron chi connectivity index (χ2n) is 5.67. The van der Waals surface area contributed by atoms with Crippen LogP contribution in [0.1, 0.15) is 23.2 Å². The van der Waals surface area contributed by atoms with Gasteiger partial charge in [0.25, 0.3) is 0 Å². The van der Waals surface area contributed by atoms with E-state index < -0.39 is 15.9 Å². The van der Waals surface area contributed by atoms with E-state index in [1.54, 1.807) is 4.31 Å². The molecule has 2 atom stereocenters. The molecule has 0 saturated carbocycles. The summed E-state index contributed by atoms with van der Waals surface area (Å²) in [4.78, 5) is 11.3. The third kappa shape index (κ3) is 2.68. The van der Waals surface area contributed by atoms with Gasteiger partial charge in [0.1, 0.15) is 0 Å². The van der Waals surface area contributed by atoms with Crippen LogP contribution in [0.2, 0.25) is 0 Å². The van der Waals surface area contributed by atoms with Crippen molar-refractivity contribution < 1.29 is 13.2 Å². The van der Waals surface area contributed by atoms with Crippen molar-refractivity contribution in [3.8, 4) is 0 Å². The van der Waals surface area contributed by atoms with Crippen LogP contribution in [-0.4, -0.2) is 44.3 Å². The van der Waals surface area contributed by atoms with Crippen molar-refractivity contribution in [3.05, 3.63) is 29.8 Å². The fraction of sp³-hybridized carbons (Fsp3) is 0.500. The van der Waals surface area contributed by atoms with Crippen molar-refractivity contribution in [3.63, 3.8) is 0 Å². The second kappa shape index (κ2) is 5.40. The minimum Gasteiger partial charge on any atom is -0.366 e. The van der Waals surface area contributed by atoms with E-state index in [9.17, 15) is 13.2 Å². The Balaban J connectivity index is 1.82. The molecule has 0 radical (unpaired) electrons. The Morgan fingerprint density at radius 1 is 1.24 bits per heavy atom. The molecule has 1 aromatic carbocycles. The first-order valence-electron chi connectivity index (χ1n) is 7.12. The highest BCUT2D eigenvalue weighted by molar-refractivity contribution is 7.89. The number of piperidine rings is 1. The number of hydrogen-bond donors (Lipinski definition) is 2. The fourth-order valence-corrected chi connectivity index (χ4v) is 4.67. The summed E-state index contributed by atoms with van der Waals surface area (Å²) in [6, 6.07) is 6.07.